The number of pyridine rings is 1. The molecule has 0 spiro atoms. The summed E-state index contributed by atoms with van der Waals surface area (Å²) in [6.45, 7) is 5.39. The molecule has 1 N–H and O–H groups in total. The van der Waals surface area contributed by atoms with Crippen LogP contribution in [0.4, 0.5) is 0 Å². The van der Waals surface area contributed by atoms with Crippen molar-refractivity contribution in [3.8, 4) is 0 Å². The molecule has 0 aromatic carbocycles. The summed E-state index contributed by atoms with van der Waals surface area (Å²) in [5.41, 5.74) is 2.56. The SMILES string of the molecule is CCNC(CC1CC2CCC1C2)c1cc(C)ccn1. The molecule has 0 radical (unpaired) electrons. The van der Waals surface area contributed by atoms with E-state index in [4.69, 9.17) is 0 Å². The van der Waals surface area contributed by atoms with Gasteiger partial charge in [-0.25, -0.2) is 0 Å². The second-order valence-corrected chi connectivity index (χ2v) is 6.54. The topological polar surface area (TPSA) is 24.9 Å². The second-order valence-electron chi connectivity index (χ2n) is 6.54. The third-order valence-electron chi connectivity index (χ3n) is 5.17. The number of rotatable bonds is 5. The average molecular weight is 258 g/mol. The molecule has 2 fully saturated rings. The maximum Gasteiger partial charge on any atom is 0.0575 e. The van der Waals surface area contributed by atoms with Crippen LogP contribution < -0.4 is 5.32 Å². The second kappa shape index (κ2) is 5.62. The number of nitrogens with one attached hydrogen (secondary N) is 1. The number of hydrogen-bond acceptors (Lipinski definition) is 2. The quantitative estimate of drug-likeness (QED) is 0.867. The summed E-state index contributed by atoms with van der Waals surface area (Å²) < 4.78 is 0. The van der Waals surface area contributed by atoms with Gasteiger partial charge in [-0.05, 0) is 74.6 Å². The molecule has 2 heteroatoms. The van der Waals surface area contributed by atoms with Crippen LogP contribution in [-0.2, 0) is 0 Å². The molecule has 104 valence electrons. The van der Waals surface area contributed by atoms with Crippen LogP contribution in [0, 0.1) is 24.7 Å². The zero-order chi connectivity index (χ0) is 13.2. The van der Waals surface area contributed by atoms with Crippen LogP contribution >= 0.6 is 0 Å². The number of nitrogens with zero attached hydrogens (tertiary/aromatic N) is 1. The molecule has 2 bridgehead atoms. The Morgan fingerprint density at radius 3 is 2.89 bits per heavy atom. The van der Waals surface area contributed by atoms with Crippen molar-refractivity contribution in [1.29, 1.82) is 0 Å². The Morgan fingerprint density at radius 1 is 1.37 bits per heavy atom. The van der Waals surface area contributed by atoms with Crippen molar-refractivity contribution in [2.75, 3.05) is 6.54 Å². The fourth-order valence-electron chi connectivity index (χ4n) is 4.27. The molecule has 2 saturated carbocycles. The molecule has 2 aliphatic carbocycles. The van der Waals surface area contributed by atoms with E-state index < -0.39 is 0 Å². The molecule has 2 aliphatic rings. The van der Waals surface area contributed by atoms with E-state index in [2.05, 4.69) is 36.3 Å². The molecular formula is C17H26N2. The zero-order valence-corrected chi connectivity index (χ0v) is 12.2. The lowest BCUT2D eigenvalue weighted by molar-refractivity contribution is 0.278. The van der Waals surface area contributed by atoms with Gasteiger partial charge in [0.2, 0.25) is 0 Å². The Kier molecular flexibility index (Phi) is 3.88. The minimum Gasteiger partial charge on any atom is -0.309 e. The van der Waals surface area contributed by atoms with E-state index in [9.17, 15) is 0 Å². The molecule has 1 aromatic rings. The Bertz CT molecular complexity index is 429. The fraction of sp³-hybridized carbons (Fsp3) is 0.706. The first-order valence-electron chi connectivity index (χ1n) is 7.92. The van der Waals surface area contributed by atoms with Gasteiger partial charge in [-0.3, -0.25) is 4.98 Å². The summed E-state index contributed by atoms with van der Waals surface area (Å²) in [7, 11) is 0. The fourth-order valence-corrected chi connectivity index (χ4v) is 4.27. The summed E-state index contributed by atoms with van der Waals surface area (Å²) in [6.07, 6.45) is 9.19. The summed E-state index contributed by atoms with van der Waals surface area (Å²) in [4.78, 5) is 4.60. The molecule has 19 heavy (non-hydrogen) atoms. The maximum absolute atomic E-state index is 4.60. The van der Waals surface area contributed by atoms with Gasteiger partial charge in [-0.1, -0.05) is 13.3 Å². The van der Waals surface area contributed by atoms with Crippen LogP contribution in [0.25, 0.3) is 0 Å². The van der Waals surface area contributed by atoms with E-state index in [-0.39, 0.29) is 0 Å². The van der Waals surface area contributed by atoms with Crippen molar-refractivity contribution in [3.05, 3.63) is 29.6 Å². The Labute approximate surface area is 117 Å². The Hall–Kier alpha value is -0.890. The number of aryl methyl sites for hydroxylation is 1. The van der Waals surface area contributed by atoms with Gasteiger partial charge in [0.05, 0.1) is 5.69 Å². The summed E-state index contributed by atoms with van der Waals surface area (Å²) in [6, 6.07) is 4.79. The highest BCUT2D eigenvalue weighted by Crippen LogP contribution is 2.50. The first-order valence-corrected chi connectivity index (χ1v) is 7.92. The molecule has 1 aromatic heterocycles. The van der Waals surface area contributed by atoms with Gasteiger partial charge in [0, 0.05) is 12.2 Å². The van der Waals surface area contributed by atoms with Gasteiger partial charge < -0.3 is 5.32 Å². The van der Waals surface area contributed by atoms with Crippen molar-refractivity contribution in [1.82, 2.24) is 10.3 Å². The molecule has 0 aliphatic heterocycles. The normalized spacial score (nSPS) is 30.7. The van der Waals surface area contributed by atoms with Gasteiger partial charge in [-0.2, -0.15) is 0 Å². The minimum atomic E-state index is 0.453. The molecule has 4 atom stereocenters. The van der Waals surface area contributed by atoms with Gasteiger partial charge in [-0.15, -0.1) is 0 Å². The van der Waals surface area contributed by atoms with Crippen molar-refractivity contribution >= 4 is 0 Å². The van der Waals surface area contributed by atoms with Crippen molar-refractivity contribution < 1.29 is 0 Å². The van der Waals surface area contributed by atoms with Crippen LogP contribution in [0.2, 0.25) is 0 Å². The summed E-state index contributed by atoms with van der Waals surface area (Å²) in [5, 5.41) is 3.65. The highest BCUT2D eigenvalue weighted by atomic mass is 14.9. The van der Waals surface area contributed by atoms with Gasteiger partial charge in [0.15, 0.2) is 0 Å². The molecule has 0 saturated heterocycles. The van der Waals surface area contributed by atoms with Crippen LogP contribution in [0.15, 0.2) is 18.3 Å². The molecule has 4 unspecified atom stereocenters. The zero-order valence-electron chi connectivity index (χ0n) is 12.2. The third kappa shape index (κ3) is 2.84. The number of fused-ring (bicyclic) bond motifs is 2. The van der Waals surface area contributed by atoms with Crippen LogP contribution in [0.1, 0.15) is 56.3 Å². The first kappa shape index (κ1) is 13.1. The van der Waals surface area contributed by atoms with Gasteiger partial charge >= 0.3 is 0 Å². The number of aromatic nitrogens is 1. The van der Waals surface area contributed by atoms with Crippen molar-refractivity contribution in [3.63, 3.8) is 0 Å². The predicted molar refractivity (Wildman–Crippen MR) is 78.9 cm³/mol. The molecule has 1 heterocycles. The van der Waals surface area contributed by atoms with Gasteiger partial charge in [0.25, 0.3) is 0 Å². The van der Waals surface area contributed by atoms with Crippen molar-refractivity contribution in [2.45, 2.75) is 52.0 Å². The minimum absolute atomic E-state index is 0.453. The summed E-state index contributed by atoms with van der Waals surface area (Å²) >= 11 is 0. The van der Waals surface area contributed by atoms with Crippen molar-refractivity contribution in [2.24, 2.45) is 17.8 Å². The molecule has 3 rings (SSSR count). The monoisotopic (exact) mass is 258 g/mol. The van der Waals surface area contributed by atoms with E-state index in [1.54, 1.807) is 0 Å². The average Bonchev–Trinajstić information content (AvgIpc) is 3.00. The molecule has 2 nitrogen and oxygen atoms in total. The van der Waals surface area contributed by atoms with E-state index >= 15 is 0 Å². The maximum atomic E-state index is 4.60. The lowest BCUT2D eigenvalue weighted by Crippen LogP contribution is -2.26. The Morgan fingerprint density at radius 2 is 2.26 bits per heavy atom. The summed E-state index contributed by atoms with van der Waals surface area (Å²) in [5.74, 6) is 2.99. The van der Waals surface area contributed by atoms with Gasteiger partial charge in [0.1, 0.15) is 0 Å². The smallest absolute Gasteiger partial charge is 0.0575 e. The van der Waals surface area contributed by atoms with E-state index in [1.807, 2.05) is 6.20 Å². The highest BCUT2D eigenvalue weighted by Gasteiger charge is 2.40. The lowest BCUT2D eigenvalue weighted by atomic mass is 9.83. The van der Waals surface area contributed by atoms with Crippen LogP contribution in [0.3, 0.4) is 0 Å². The highest BCUT2D eigenvalue weighted by molar-refractivity contribution is 5.17. The third-order valence-corrected chi connectivity index (χ3v) is 5.17. The Balaban J connectivity index is 1.70. The van der Waals surface area contributed by atoms with E-state index in [0.29, 0.717) is 6.04 Å². The number of hydrogen-bond donors (Lipinski definition) is 1. The van der Waals surface area contributed by atoms with E-state index in [1.165, 1.54) is 43.4 Å². The largest absolute Gasteiger partial charge is 0.309 e. The lowest BCUT2D eigenvalue weighted by Gasteiger charge is -2.27. The van der Waals surface area contributed by atoms with Crippen LogP contribution in [0.5, 0.6) is 0 Å². The standard InChI is InChI=1S/C17H26N2/c1-3-18-17(16-8-12(2)6-7-19-16)11-15-10-13-4-5-14(15)9-13/h6-8,13-15,17-18H,3-5,9-11H2,1-2H3. The first-order chi connectivity index (χ1) is 9.26. The van der Waals surface area contributed by atoms with E-state index in [0.717, 1.165) is 24.3 Å². The van der Waals surface area contributed by atoms with Crippen LogP contribution in [-0.4, -0.2) is 11.5 Å². The predicted octanol–water partition coefficient (Wildman–Crippen LogP) is 3.87. The molecule has 0 amide bonds. The molecular weight excluding hydrogens is 232 g/mol.